The van der Waals surface area contributed by atoms with E-state index in [1.807, 2.05) is 72.1 Å². The summed E-state index contributed by atoms with van der Waals surface area (Å²) in [5.74, 6) is 5.30. The van der Waals surface area contributed by atoms with Crippen LogP contribution in [0, 0.1) is 0 Å². The Labute approximate surface area is 303 Å². The minimum absolute atomic E-state index is 0.827. The molecule has 0 aliphatic rings. The molecule has 0 atom stereocenters. The van der Waals surface area contributed by atoms with Gasteiger partial charge >= 0.3 is 0 Å². The summed E-state index contributed by atoms with van der Waals surface area (Å²) in [4.78, 5) is 6.95. The Morgan fingerprint density at radius 2 is 0.520 bits per heavy atom. The van der Waals surface area contributed by atoms with Crippen LogP contribution in [0.5, 0.6) is 23.0 Å². The summed E-state index contributed by atoms with van der Waals surface area (Å²) in [6.45, 7) is 0. The lowest BCUT2D eigenvalue weighted by Crippen LogP contribution is -2.09. The van der Waals surface area contributed by atoms with Crippen molar-refractivity contribution in [1.82, 2.24) is 0 Å². The second-order valence-corrected chi connectivity index (χ2v) is 13.5. The molecule has 0 N–H and O–H groups in total. The van der Waals surface area contributed by atoms with E-state index in [1.54, 1.807) is 28.4 Å². The Morgan fingerprint density at radius 1 is 0.320 bits per heavy atom. The molecule has 0 saturated carbocycles. The summed E-state index contributed by atoms with van der Waals surface area (Å²) >= 11 is 3.74. The molecule has 6 nitrogen and oxygen atoms in total. The smallest absolute Gasteiger partial charge is 0.119 e. The molecule has 0 aromatic heterocycles. The van der Waals surface area contributed by atoms with E-state index in [1.165, 1.54) is 9.79 Å². The summed E-state index contributed by atoms with van der Waals surface area (Å²) < 4.78 is 21.6. The fourth-order valence-electron chi connectivity index (χ4n) is 5.52. The van der Waals surface area contributed by atoms with Crippen LogP contribution in [0.25, 0.3) is 0 Å². The molecule has 6 aromatic carbocycles. The predicted molar refractivity (Wildman–Crippen MR) is 210 cm³/mol. The summed E-state index contributed by atoms with van der Waals surface area (Å²) in [5, 5.41) is 0. The molecule has 8 heteroatoms. The van der Waals surface area contributed by atoms with Gasteiger partial charge in [-0.25, -0.2) is 0 Å². The van der Waals surface area contributed by atoms with Crippen LogP contribution in [0.4, 0.5) is 34.1 Å². The second-order valence-electron chi connectivity index (χ2n) is 11.1. The fraction of sp³-hybridized carbons (Fsp3) is 0.143. The number of anilines is 6. The van der Waals surface area contributed by atoms with Gasteiger partial charge in [-0.3, -0.25) is 0 Å². The number of thioether (sulfide) groups is 2. The molecule has 6 aromatic rings. The lowest BCUT2D eigenvalue weighted by atomic mass is 10.2. The fourth-order valence-corrected chi connectivity index (χ4v) is 7.32. The largest absolute Gasteiger partial charge is 0.497 e. The quantitative estimate of drug-likeness (QED) is 0.0775. The van der Waals surface area contributed by atoms with Crippen molar-refractivity contribution in [2.75, 3.05) is 49.7 Å². The summed E-state index contributed by atoms with van der Waals surface area (Å²) in [5.41, 5.74) is 6.37. The number of rotatable bonds is 15. The van der Waals surface area contributed by atoms with Crippen molar-refractivity contribution >= 4 is 57.6 Å². The maximum atomic E-state index is 5.39. The lowest BCUT2D eigenvalue weighted by molar-refractivity contribution is 0.414. The lowest BCUT2D eigenvalue weighted by Gasteiger charge is -2.26. The molecule has 0 bridgehead atoms. The standard InChI is InChI=1S/C42H40N2O4S2/c1-45-37-17-5-31(6-18-37)43(32-7-19-38(46-2)20-8-32)35-13-25-41(26-14-35)49-29-30-50-42-27-15-36(16-28-42)44(33-9-21-39(47-3)22-10-33)34-11-23-40(48-4)24-12-34/h5-28H,29-30H2,1-4H3. The first-order chi connectivity index (χ1) is 24.6. The van der Waals surface area contributed by atoms with Crippen LogP contribution in [0.1, 0.15) is 0 Å². The SMILES string of the molecule is COc1ccc(N(c2ccc(OC)cc2)c2ccc(SCCSc3ccc(N(c4ccc(OC)cc4)c4ccc(OC)cc4)cc3)cc2)cc1. The van der Waals surface area contributed by atoms with Crippen molar-refractivity contribution in [3.63, 3.8) is 0 Å². The molecule has 50 heavy (non-hydrogen) atoms. The minimum Gasteiger partial charge on any atom is -0.497 e. The Hall–Kier alpha value is -5.18. The third-order valence-electron chi connectivity index (χ3n) is 8.13. The third-order valence-corrected chi connectivity index (χ3v) is 10.4. The van der Waals surface area contributed by atoms with Crippen molar-refractivity contribution < 1.29 is 18.9 Å². The molecular weight excluding hydrogens is 661 g/mol. The molecular formula is C42H40N2O4S2. The number of hydrogen-bond donors (Lipinski definition) is 0. The zero-order valence-electron chi connectivity index (χ0n) is 28.6. The van der Waals surface area contributed by atoms with Crippen LogP contribution in [0.15, 0.2) is 155 Å². The van der Waals surface area contributed by atoms with Gasteiger partial charge in [0.2, 0.25) is 0 Å². The Balaban J connectivity index is 1.09. The first-order valence-corrected chi connectivity index (χ1v) is 18.2. The highest BCUT2D eigenvalue weighted by molar-refractivity contribution is 8.03. The molecule has 0 radical (unpaired) electrons. The number of ether oxygens (including phenoxy) is 4. The Morgan fingerprint density at radius 3 is 0.720 bits per heavy atom. The van der Waals surface area contributed by atoms with Gasteiger partial charge < -0.3 is 28.7 Å². The average molecular weight is 701 g/mol. The van der Waals surface area contributed by atoms with Crippen molar-refractivity contribution in [3.05, 3.63) is 146 Å². The number of hydrogen-bond acceptors (Lipinski definition) is 8. The molecule has 0 saturated heterocycles. The van der Waals surface area contributed by atoms with E-state index in [0.717, 1.165) is 68.6 Å². The van der Waals surface area contributed by atoms with E-state index in [0.29, 0.717) is 0 Å². The summed E-state index contributed by atoms with van der Waals surface area (Å²) in [6.07, 6.45) is 0. The first kappa shape index (κ1) is 34.7. The molecule has 0 aliphatic carbocycles. The van der Waals surface area contributed by atoms with Gasteiger partial charge in [0, 0.05) is 55.4 Å². The third kappa shape index (κ3) is 8.51. The summed E-state index contributed by atoms with van der Waals surface area (Å²) in [6, 6.07) is 50.0. The number of methoxy groups -OCH3 is 4. The van der Waals surface area contributed by atoms with Crippen LogP contribution in [-0.4, -0.2) is 39.9 Å². The van der Waals surface area contributed by atoms with E-state index in [-0.39, 0.29) is 0 Å². The van der Waals surface area contributed by atoms with Crippen molar-refractivity contribution in [2.24, 2.45) is 0 Å². The van der Waals surface area contributed by atoms with Crippen LogP contribution in [0.2, 0.25) is 0 Å². The van der Waals surface area contributed by atoms with Gasteiger partial charge in [-0.15, -0.1) is 23.5 Å². The summed E-state index contributed by atoms with van der Waals surface area (Å²) in [7, 11) is 6.74. The monoisotopic (exact) mass is 700 g/mol. The van der Waals surface area contributed by atoms with E-state index in [9.17, 15) is 0 Å². The van der Waals surface area contributed by atoms with Crippen LogP contribution in [-0.2, 0) is 0 Å². The van der Waals surface area contributed by atoms with Crippen LogP contribution < -0.4 is 28.7 Å². The Kier molecular flexibility index (Phi) is 11.8. The normalized spacial score (nSPS) is 10.7. The van der Waals surface area contributed by atoms with Crippen molar-refractivity contribution in [1.29, 1.82) is 0 Å². The highest BCUT2D eigenvalue weighted by Crippen LogP contribution is 2.39. The van der Waals surface area contributed by atoms with Gasteiger partial charge in [-0.2, -0.15) is 0 Å². The Bertz CT molecular complexity index is 1680. The van der Waals surface area contributed by atoms with Gasteiger partial charge in [0.1, 0.15) is 23.0 Å². The second kappa shape index (κ2) is 17.0. The average Bonchev–Trinajstić information content (AvgIpc) is 3.19. The van der Waals surface area contributed by atoms with Crippen LogP contribution >= 0.6 is 23.5 Å². The van der Waals surface area contributed by atoms with Crippen LogP contribution in [0.3, 0.4) is 0 Å². The van der Waals surface area contributed by atoms with Gasteiger partial charge in [-0.1, -0.05) is 0 Å². The van der Waals surface area contributed by atoms with Gasteiger partial charge in [-0.05, 0) is 146 Å². The molecule has 0 spiro atoms. The number of nitrogens with zero attached hydrogens (tertiary/aromatic N) is 2. The van der Waals surface area contributed by atoms with Gasteiger partial charge in [0.25, 0.3) is 0 Å². The molecule has 0 amide bonds. The molecule has 0 fully saturated rings. The van der Waals surface area contributed by atoms with E-state index >= 15 is 0 Å². The highest BCUT2D eigenvalue weighted by Gasteiger charge is 2.15. The van der Waals surface area contributed by atoms with Crippen molar-refractivity contribution in [2.45, 2.75) is 9.79 Å². The molecule has 0 heterocycles. The molecule has 0 aliphatic heterocycles. The van der Waals surface area contributed by atoms with Gasteiger partial charge in [0.05, 0.1) is 28.4 Å². The van der Waals surface area contributed by atoms with E-state index < -0.39 is 0 Å². The van der Waals surface area contributed by atoms with Gasteiger partial charge in [0.15, 0.2) is 0 Å². The predicted octanol–water partition coefficient (Wildman–Crippen LogP) is 11.5. The zero-order valence-corrected chi connectivity index (χ0v) is 30.2. The highest BCUT2D eigenvalue weighted by atomic mass is 32.2. The molecule has 6 rings (SSSR count). The minimum atomic E-state index is 0.827. The topological polar surface area (TPSA) is 43.4 Å². The molecule has 254 valence electrons. The number of benzene rings is 6. The molecule has 0 unspecified atom stereocenters. The van der Waals surface area contributed by atoms with Crippen molar-refractivity contribution in [3.8, 4) is 23.0 Å². The maximum absolute atomic E-state index is 5.39. The van der Waals surface area contributed by atoms with E-state index in [2.05, 4.69) is 107 Å². The first-order valence-electron chi connectivity index (χ1n) is 16.2. The maximum Gasteiger partial charge on any atom is 0.119 e. The zero-order chi connectivity index (χ0) is 34.7. The van der Waals surface area contributed by atoms with E-state index in [4.69, 9.17) is 18.9 Å².